The van der Waals surface area contributed by atoms with Crippen LogP contribution in [-0.4, -0.2) is 12.2 Å². The van der Waals surface area contributed by atoms with Crippen LogP contribution in [0.25, 0.3) is 0 Å². The average molecular weight is 185 g/mol. The highest BCUT2D eigenvalue weighted by atomic mass is 16.5. The van der Waals surface area contributed by atoms with Gasteiger partial charge in [-0.25, -0.2) is 0 Å². The van der Waals surface area contributed by atoms with Gasteiger partial charge in [0.1, 0.15) is 0 Å². The van der Waals surface area contributed by atoms with Crippen molar-refractivity contribution in [2.45, 2.75) is 59.0 Å². The van der Waals surface area contributed by atoms with Crippen molar-refractivity contribution >= 4 is 0 Å². The Morgan fingerprint density at radius 3 is 2.46 bits per heavy atom. The lowest BCUT2D eigenvalue weighted by Crippen LogP contribution is -2.24. The number of hydrogen-bond donors (Lipinski definition) is 0. The van der Waals surface area contributed by atoms with Crippen molar-refractivity contribution in [1.29, 1.82) is 0 Å². The minimum absolute atomic E-state index is 0.0651. The van der Waals surface area contributed by atoms with E-state index >= 15 is 0 Å². The third-order valence-corrected chi connectivity index (χ3v) is 2.50. The van der Waals surface area contributed by atoms with Gasteiger partial charge in [0.05, 0.1) is 5.60 Å². The molecule has 0 heterocycles. The second-order valence-electron chi connectivity index (χ2n) is 4.48. The van der Waals surface area contributed by atoms with Gasteiger partial charge in [0.15, 0.2) is 0 Å². The predicted octanol–water partition coefficient (Wildman–Crippen LogP) is 3.83. The van der Waals surface area contributed by atoms with E-state index in [-0.39, 0.29) is 5.60 Å². The molecule has 0 saturated heterocycles. The van der Waals surface area contributed by atoms with Crippen LogP contribution in [0.1, 0.15) is 53.4 Å². The molecular weight excluding hydrogens is 160 g/mol. The van der Waals surface area contributed by atoms with E-state index in [9.17, 15) is 0 Å². The van der Waals surface area contributed by atoms with Gasteiger partial charge in [-0.3, -0.25) is 0 Å². The van der Waals surface area contributed by atoms with E-state index in [1.807, 2.05) is 0 Å². The van der Waals surface area contributed by atoms with Gasteiger partial charge in [0.2, 0.25) is 0 Å². The number of hydrogen-bond acceptors (Lipinski definition) is 1. The molecule has 1 radical (unpaired) electrons. The first-order chi connectivity index (χ1) is 6.02. The third kappa shape index (κ3) is 7.06. The molecule has 0 aromatic rings. The van der Waals surface area contributed by atoms with Crippen LogP contribution < -0.4 is 0 Å². The molecule has 1 unspecified atom stereocenters. The topological polar surface area (TPSA) is 9.23 Å². The van der Waals surface area contributed by atoms with Crippen LogP contribution in [0.3, 0.4) is 0 Å². The summed E-state index contributed by atoms with van der Waals surface area (Å²) in [6, 6.07) is 0. The van der Waals surface area contributed by atoms with Gasteiger partial charge in [0.25, 0.3) is 0 Å². The van der Waals surface area contributed by atoms with Crippen LogP contribution in [0, 0.1) is 12.8 Å². The summed E-state index contributed by atoms with van der Waals surface area (Å²) >= 11 is 0. The molecule has 1 nitrogen and oxygen atoms in total. The number of rotatable bonds is 7. The molecule has 1 heteroatoms. The van der Waals surface area contributed by atoms with E-state index in [4.69, 9.17) is 4.74 Å². The quantitative estimate of drug-likeness (QED) is 0.585. The zero-order valence-electron chi connectivity index (χ0n) is 9.73. The molecule has 0 amide bonds. The fourth-order valence-corrected chi connectivity index (χ4v) is 1.48. The van der Waals surface area contributed by atoms with Crippen LogP contribution >= 0.6 is 0 Å². The van der Waals surface area contributed by atoms with Crippen molar-refractivity contribution in [2.24, 2.45) is 5.92 Å². The predicted molar refractivity (Wildman–Crippen MR) is 58.7 cm³/mol. The molecular formula is C12H25O. The highest BCUT2D eigenvalue weighted by Gasteiger charge is 2.16. The lowest BCUT2D eigenvalue weighted by Gasteiger charge is -2.25. The van der Waals surface area contributed by atoms with Crippen molar-refractivity contribution in [1.82, 2.24) is 0 Å². The summed E-state index contributed by atoms with van der Waals surface area (Å²) in [6.45, 7) is 13.4. The minimum atomic E-state index is 0.0651. The van der Waals surface area contributed by atoms with Gasteiger partial charge < -0.3 is 4.74 Å². The summed E-state index contributed by atoms with van der Waals surface area (Å²) in [6.07, 6.45) is 4.74. The van der Waals surface area contributed by atoms with Gasteiger partial charge in [-0.05, 0) is 33.1 Å². The van der Waals surface area contributed by atoms with Crippen molar-refractivity contribution < 1.29 is 4.74 Å². The third-order valence-electron chi connectivity index (χ3n) is 2.50. The van der Waals surface area contributed by atoms with Gasteiger partial charge in [-0.15, -0.1) is 0 Å². The molecule has 0 aromatic carbocycles. The molecule has 0 bridgehead atoms. The summed E-state index contributed by atoms with van der Waals surface area (Å²) < 4.78 is 5.63. The Balaban J connectivity index is 3.50. The maximum Gasteiger partial charge on any atom is 0.0626 e. The van der Waals surface area contributed by atoms with Crippen molar-refractivity contribution in [3.63, 3.8) is 0 Å². The first kappa shape index (κ1) is 13.0. The lowest BCUT2D eigenvalue weighted by molar-refractivity contribution is -0.0182. The zero-order valence-corrected chi connectivity index (χ0v) is 9.73. The highest BCUT2D eigenvalue weighted by Crippen LogP contribution is 2.20. The molecule has 0 fully saturated rings. The SMILES string of the molecule is [CH2]CC(C)CCCC(C)(C)OCC. The second kappa shape index (κ2) is 6.42. The van der Waals surface area contributed by atoms with Gasteiger partial charge in [0, 0.05) is 6.61 Å². The Bertz CT molecular complexity index is 118. The van der Waals surface area contributed by atoms with E-state index in [2.05, 4.69) is 34.6 Å². The molecule has 0 spiro atoms. The standard InChI is InChI=1S/C12H25O/c1-6-11(3)9-8-10-12(4,5)13-7-2/h11H,1,6-10H2,2-5H3. The monoisotopic (exact) mass is 185 g/mol. The average Bonchev–Trinajstić information content (AvgIpc) is 2.03. The molecule has 0 aliphatic rings. The van der Waals surface area contributed by atoms with E-state index in [0.29, 0.717) is 0 Å². The molecule has 0 N–H and O–H groups in total. The summed E-state index contributed by atoms with van der Waals surface area (Å²) in [7, 11) is 0. The molecule has 0 saturated carbocycles. The van der Waals surface area contributed by atoms with Crippen molar-refractivity contribution in [3.8, 4) is 0 Å². The van der Waals surface area contributed by atoms with Crippen LogP contribution in [0.5, 0.6) is 0 Å². The van der Waals surface area contributed by atoms with E-state index in [1.54, 1.807) is 0 Å². The Labute approximate surface area is 83.9 Å². The van der Waals surface area contributed by atoms with Crippen LogP contribution in [-0.2, 0) is 4.74 Å². The largest absolute Gasteiger partial charge is 0.376 e. The second-order valence-corrected chi connectivity index (χ2v) is 4.48. The van der Waals surface area contributed by atoms with Gasteiger partial charge in [-0.2, -0.15) is 0 Å². The lowest BCUT2D eigenvalue weighted by atomic mass is 9.95. The first-order valence-corrected chi connectivity index (χ1v) is 5.45. The Hall–Kier alpha value is -0.0400. The van der Waals surface area contributed by atoms with E-state index < -0.39 is 0 Å². The first-order valence-electron chi connectivity index (χ1n) is 5.45. The van der Waals surface area contributed by atoms with Crippen LogP contribution in [0.4, 0.5) is 0 Å². The molecule has 13 heavy (non-hydrogen) atoms. The summed E-state index contributed by atoms with van der Waals surface area (Å²) in [5, 5.41) is 0. The Morgan fingerprint density at radius 1 is 1.38 bits per heavy atom. The maximum atomic E-state index is 5.63. The number of ether oxygens (including phenoxy) is 1. The van der Waals surface area contributed by atoms with Crippen molar-refractivity contribution in [2.75, 3.05) is 6.61 Å². The highest BCUT2D eigenvalue weighted by molar-refractivity contribution is 4.69. The molecule has 0 rings (SSSR count). The van der Waals surface area contributed by atoms with Crippen molar-refractivity contribution in [3.05, 3.63) is 6.92 Å². The summed E-state index contributed by atoms with van der Waals surface area (Å²) in [4.78, 5) is 0. The minimum Gasteiger partial charge on any atom is -0.376 e. The zero-order chi connectivity index (χ0) is 10.3. The molecule has 79 valence electrons. The fraction of sp³-hybridized carbons (Fsp3) is 0.917. The van der Waals surface area contributed by atoms with Crippen LogP contribution in [0.15, 0.2) is 0 Å². The summed E-state index contributed by atoms with van der Waals surface area (Å²) in [5.41, 5.74) is 0.0651. The smallest absolute Gasteiger partial charge is 0.0626 e. The van der Waals surface area contributed by atoms with E-state index in [1.165, 1.54) is 12.8 Å². The fourth-order valence-electron chi connectivity index (χ4n) is 1.48. The van der Waals surface area contributed by atoms with Gasteiger partial charge >= 0.3 is 0 Å². The van der Waals surface area contributed by atoms with E-state index in [0.717, 1.165) is 25.4 Å². The molecule has 0 aliphatic carbocycles. The maximum absolute atomic E-state index is 5.63. The van der Waals surface area contributed by atoms with Gasteiger partial charge in [-0.1, -0.05) is 33.1 Å². The van der Waals surface area contributed by atoms with Crippen LogP contribution in [0.2, 0.25) is 0 Å². The molecule has 0 aromatic heterocycles. The Morgan fingerprint density at radius 2 is 2.00 bits per heavy atom. The summed E-state index contributed by atoms with van der Waals surface area (Å²) in [5.74, 6) is 0.762. The normalized spacial score (nSPS) is 14.5. The molecule has 1 atom stereocenters. The molecule has 0 aliphatic heterocycles. The Kier molecular flexibility index (Phi) is 6.40.